The van der Waals surface area contributed by atoms with E-state index >= 15 is 0 Å². The van der Waals surface area contributed by atoms with Crippen LogP contribution in [-0.2, 0) is 15.6 Å². The minimum atomic E-state index is -1.72. The number of Topliss-reactive ketones (excluding diaryl/α,β-unsaturated/α-hetero) is 1. The molecule has 0 amide bonds. The van der Waals surface area contributed by atoms with Crippen LogP contribution in [0.3, 0.4) is 0 Å². The van der Waals surface area contributed by atoms with Gasteiger partial charge in [0.2, 0.25) is 0 Å². The zero-order valence-corrected chi connectivity index (χ0v) is 21.7. The Bertz CT molecular complexity index is 1100. The van der Waals surface area contributed by atoms with E-state index in [1.807, 2.05) is 12.1 Å². The predicted octanol–water partition coefficient (Wildman–Crippen LogP) is 7.03. The molecule has 0 saturated heterocycles. The Kier molecular flexibility index (Phi) is 6.16. The fraction of sp³-hybridized carbons (Fsp3) is 0.429. The van der Waals surface area contributed by atoms with E-state index in [0.29, 0.717) is 0 Å². The minimum Gasteiger partial charge on any atom is -0.475 e. The molecule has 1 aliphatic rings. The molecule has 0 aromatic heterocycles. The molecule has 0 bridgehead atoms. The first-order valence-electron chi connectivity index (χ1n) is 11.4. The molecule has 0 radical (unpaired) electrons. The average Bonchev–Trinajstić information content (AvgIpc) is 2.69. The Balaban J connectivity index is 2.16. The van der Waals surface area contributed by atoms with Crippen molar-refractivity contribution in [2.75, 3.05) is 0 Å². The van der Waals surface area contributed by atoms with E-state index < -0.39 is 19.8 Å². The number of hydrogen-bond acceptors (Lipinski definition) is 2. The largest absolute Gasteiger partial charge is 0.475 e. The van der Waals surface area contributed by atoms with Crippen molar-refractivity contribution < 1.29 is 14.7 Å². The molecule has 0 atom stereocenters. The number of benzene rings is 2. The third-order valence-corrected chi connectivity index (χ3v) is 9.00. The van der Waals surface area contributed by atoms with Crippen molar-refractivity contribution in [3.8, 4) is 0 Å². The fourth-order valence-corrected chi connectivity index (χ4v) is 6.41. The molecule has 2 aromatic carbocycles. The van der Waals surface area contributed by atoms with Gasteiger partial charge in [-0.1, -0.05) is 95.0 Å². The second-order valence-corrected chi connectivity index (χ2v) is 16.6. The summed E-state index contributed by atoms with van der Waals surface area (Å²) in [5, 5.41) is 10.3. The van der Waals surface area contributed by atoms with E-state index in [4.69, 9.17) is 5.11 Å². The summed E-state index contributed by atoms with van der Waals surface area (Å²) in [6, 6.07) is 11.8. The molecule has 32 heavy (non-hydrogen) atoms. The monoisotopic (exact) mass is 448 g/mol. The number of rotatable bonds is 5. The minimum absolute atomic E-state index is 0.149. The van der Waals surface area contributed by atoms with Gasteiger partial charge in [0.05, 0.1) is 8.07 Å². The number of ketones is 1. The van der Waals surface area contributed by atoms with Gasteiger partial charge in [0.25, 0.3) is 5.78 Å². The summed E-state index contributed by atoms with van der Waals surface area (Å²) in [6.07, 6.45) is 4.61. The topological polar surface area (TPSA) is 54.4 Å². The van der Waals surface area contributed by atoms with Gasteiger partial charge < -0.3 is 5.11 Å². The van der Waals surface area contributed by atoms with Crippen LogP contribution >= 0.6 is 0 Å². The van der Waals surface area contributed by atoms with Gasteiger partial charge in [0, 0.05) is 5.56 Å². The van der Waals surface area contributed by atoms with Gasteiger partial charge in [-0.05, 0) is 58.4 Å². The molecule has 0 unspecified atom stereocenters. The molecule has 170 valence electrons. The van der Waals surface area contributed by atoms with Crippen molar-refractivity contribution in [2.45, 2.75) is 77.9 Å². The maximum absolute atomic E-state index is 11.7. The molecule has 1 N–H and O–H groups in total. The van der Waals surface area contributed by atoms with Crippen LogP contribution in [0.25, 0.3) is 11.3 Å². The first kappa shape index (κ1) is 24.2. The molecule has 3 nitrogen and oxygen atoms in total. The maximum Gasteiger partial charge on any atom is 0.377 e. The van der Waals surface area contributed by atoms with E-state index in [1.165, 1.54) is 40.3 Å². The smallest absolute Gasteiger partial charge is 0.377 e. The normalized spacial score (nSPS) is 17.6. The predicted molar refractivity (Wildman–Crippen MR) is 136 cm³/mol. The summed E-state index contributed by atoms with van der Waals surface area (Å²) in [6.45, 7) is 18.7. The van der Waals surface area contributed by atoms with Crippen LogP contribution in [0, 0.1) is 6.92 Å². The molecule has 0 aliphatic heterocycles. The molecular formula is C28H36O3Si. The number of carboxylic acid groups (broad SMARTS) is 1. The highest BCUT2D eigenvalue weighted by molar-refractivity contribution is 6.94. The van der Waals surface area contributed by atoms with Crippen molar-refractivity contribution in [1.82, 2.24) is 0 Å². The van der Waals surface area contributed by atoms with Crippen LogP contribution in [0.15, 0.2) is 36.4 Å². The standard InChI is InChI=1S/C28H36O3Si/c1-18-15-22-23(28(4,5)14-13-27(22,2)3)17-21(18)24(32(6,7)8)16-19-9-11-20(12-10-19)25(29)26(30)31/h9-12,15-17H,13-14H2,1-8H3,(H,30,31)/b24-16-. The number of carboxylic acids is 1. The Hall–Kier alpha value is -2.46. The molecule has 1 aliphatic carbocycles. The van der Waals surface area contributed by atoms with Gasteiger partial charge in [-0.15, -0.1) is 0 Å². The SMILES string of the molecule is Cc1cc2c(cc1/C(=C/c1ccc(C(=O)C(=O)O)cc1)[Si](C)(C)C)C(C)(C)CCC2(C)C. The van der Waals surface area contributed by atoms with Crippen LogP contribution in [0.4, 0.5) is 0 Å². The Labute approximate surface area is 193 Å². The highest BCUT2D eigenvalue weighted by Crippen LogP contribution is 2.47. The lowest BCUT2D eigenvalue weighted by molar-refractivity contribution is -0.131. The Morgan fingerprint density at radius 1 is 0.906 bits per heavy atom. The summed E-state index contributed by atoms with van der Waals surface area (Å²) in [5.74, 6) is -2.30. The zero-order valence-electron chi connectivity index (χ0n) is 20.7. The van der Waals surface area contributed by atoms with Crippen LogP contribution in [-0.4, -0.2) is 24.9 Å². The second-order valence-electron chi connectivity index (χ2n) is 11.5. The highest BCUT2D eigenvalue weighted by Gasteiger charge is 2.38. The van der Waals surface area contributed by atoms with Crippen LogP contribution < -0.4 is 0 Å². The summed E-state index contributed by atoms with van der Waals surface area (Å²) < 4.78 is 0. The van der Waals surface area contributed by atoms with Gasteiger partial charge in [-0.3, -0.25) is 4.79 Å². The third kappa shape index (κ3) is 4.66. The van der Waals surface area contributed by atoms with Crippen molar-refractivity contribution in [3.63, 3.8) is 0 Å². The number of fused-ring (bicyclic) bond motifs is 1. The van der Waals surface area contributed by atoms with Gasteiger partial charge in [-0.25, -0.2) is 4.79 Å². The molecule has 4 heteroatoms. The highest BCUT2D eigenvalue weighted by atomic mass is 28.3. The van der Waals surface area contributed by atoms with Crippen LogP contribution in [0.5, 0.6) is 0 Å². The molecule has 0 fully saturated rings. The molecular weight excluding hydrogens is 412 g/mol. The van der Waals surface area contributed by atoms with E-state index in [1.54, 1.807) is 12.1 Å². The molecule has 2 aromatic rings. The Morgan fingerprint density at radius 3 is 1.88 bits per heavy atom. The lowest BCUT2D eigenvalue weighted by Gasteiger charge is -2.43. The Morgan fingerprint density at radius 2 is 1.41 bits per heavy atom. The lowest BCUT2D eigenvalue weighted by atomic mass is 9.62. The van der Waals surface area contributed by atoms with Gasteiger partial charge in [0.1, 0.15) is 0 Å². The zero-order chi connectivity index (χ0) is 24.1. The number of hydrogen-bond donors (Lipinski definition) is 1. The number of aryl methyl sites for hydroxylation is 1. The van der Waals surface area contributed by atoms with Gasteiger partial charge in [0.15, 0.2) is 0 Å². The lowest BCUT2D eigenvalue weighted by Crippen LogP contribution is -2.34. The van der Waals surface area contributed by atoms with Crippen LogP contribution in [0.1, 0.15) is 78.7 Å². The number of aliphatic carboxylic acids is 1. The summed E-state index contributed by atoms with van der Waals surface area (Å²) in [7, 11) is -1.72. The van der Waals surface area contributed by atoms with Crippen molar-refractivity contribution in [1.29, 1.82) is 0 Å². The molecule has 0 heterocycles. The first-order chi connectivity index (χ1) is 14.6. The van der Waals surface area contributed by atoms with Crippen molar-refractivity contribution in [3.05, 3.63) is 69.8 Å². The first-order valence-corrected chi connectivity index (χ1v) is 14.9. The molecule has 0 saturated carbocycles. The van der Waals surface area contributed by atoms with E-state index in [-0.39, 0.29) is 16.4 Å². The van der Waals surface area contributed by atoms with Crippen molar-refractivity contribution in [2.24, 2.45) is 0 Å². The summed E-state index contributed by atoms with van der Waals surface area (Å²) in [5.41, 5.74) is 7.09. The quantitative estimate of drug-likeness (QED) is 0.231. The molecule has 3 rings (SSSR count). The summed E-state index contributed by atoms with van der Waals surface area (Å²) >= 11 is 0. The second kappa shape index (κ2) is 8.15. The number of carbonyl (C=O) groups is 2. The van der Waals surface area contributed by atoms with Gasteiger partial charge in [-0.2, -0.15) is 0 Å². The van der Waals surface area contributed by atoms with E-state index in [0.717, 1.165) is 5.56 Å². The maximum atomic E-state index is 11.7. The van der Waals surface area contributed by atoms with E-state index in [9.17, 15) is 9.59 Å². The van der Waals surface area contributed by atoms with Gasteiger partial charge >= 0.3 is 5.97 Å². The summed E-state index contributed by atoms with van der Waals surface area (Å²) in [4.78, 5) is 22.7. The van der Waals surface area contributed by atoms with Crippen molar-refractivity contribution >= 4 is 31.1 Å². The molecule has 0 spiro atoms. The average molecular weight is 449 g/mol. The number of carbonyl (C=O) groups excluding carboxylic acids is 1. The van der Waals surface area contributed by atoms with E-state index in [2.05, 4.69) is 72.5 Å². The fourth-order valence-electron chi connectivity index (χ4n) is 4.73. The third-order valence-electron chi connectivity index (χ3n) is 6.97. The van der Waals surface area contributed by atoms with Crippen LogP contribution in [0.2, 0.25) is 19.6 Å².